The normalized spacial score (nSPS) is 22.0. The maximum Gasteiger partial charge on any atom is 0.337 e. The maximum atomic E-state index is 11.6. The molecule has 0 saturated heterocycles. The summed E-state index contributed by atoms with van der Waals surface area (Å²) in [6.07, 6.45) is 8.21. The lowest BCUT2D eigenvalue weighted by molar-refractivity contribution is 0.0697. The van der Waals surface area contributed by atoms with Gasteiger partial charge < -0.3 is 16.2 Å². The number of hydrogen-bond acceptors (Lipinski definition) is 5. The molecule has 1 aliphatic carbocycles. The van der Waals surface area contributed by atoms with Crippen molar-refractivity contribution < 1.29 is 9.90 Å². The molecule has 2 aliphatic rings. The Morgan fingerprint density at radius 2 is 1.86 bits per heavy atom. The van der Waals surface area contributed by atoms with Crippen molar-refractivity contribution >= 4 is 11.7 Å². The number of likely N-dealkylation sites (N-methyl/N-ethyl adjacent to an activating group) is 1. The van der Waals surface area contributed by atoms with Gasteiger partial charge in [0.05, 0.1) is 29.7 Å². The first-order valence-corrected chi connectivity index (χ1v) is 12.5. The van der Waals surface area contributed by atoms with Crippen LogP contribution in [0.2, 0.25) is 0 Å². The molecule has 2 unspecified atom stereocenters. The largest absolute Gasteiger partial charge is 0.478 e. The van der Waals surface area contributed by atoms with Crippen LogP contribution in [0.1, 0.15) is 65.2 Å². The Balaban J connectivity index is 1.38. The van der Waals surface area contributed by atoms with E-state index in [4.69, 9.17) is 5.73 Å². The van der Waals surface area contributed by atoms with Crippen LogP contribution in [0, 0.1) is 5.92 Å². The van der Waals surface area contributed by atoms with E-state index in [9.17, 15) is 9.90 Å². The Labute approximate surface area is 207 Å². The van der Waals surface area contributed by atoms with Gasteiger partial charge in [0.15, 0.2) is 0 Å². The van der Waals surface area contributed by atoms with E-state index in [1.165, 1.54) is 65.8 Å². The maximum absolute atomic E-state index is 11.6. The van der Waals surface area contributed by atoms with E-state index in [1.807, 2.05) is 7.05 Å². The quantitative estimate of drug-likeness (QED) is 0.415. The number of benzene rings is 2. The van der Waals surface area contributed by atoms with Crippen molar-refractivity contribution in [2.75, 3.05) is 18.9 Å². The van der Waals surface area contributed by atoms with Crippen LogP contribution in [0.15, 0.2) is 60.9 Å². The summed E-state index contributed by atoms with van der Waals surface area (Å²) in [5.41, 5.74) is 13.7. The fourth-order valence-corrected chi connectivity index (χ4v) is 5.24. The van der Waals surface area contributed by atoms with E-state index >= 15 is 0 Å². The molecule has 3 aromatic rings. The molecule has 4 N–H and O–H groups in total. The van der Waals surface area contributed by atoms with E-state index in [0.717, 1.165) is 5.92 Å². The van der Waals surface area contributed by atoms with Crippen LogP contribution in [0.25, 0.3) is 11.1 Å². The van der Waals surface area contributed by atoms with Crippen molar-refractivity contribution in [2.45, 2.75) is 50.7 Å². The van der Waals surface area contributed by atoms with Gasteiger partial charge in [0, 0.05) is 18.7 Å². The average molecular weight is 471 g/mol. The van der Waals surface area contributed by atoms with Crippen molar-refractivity contribution in [1.29, 1.82) is 0 Å². The highest BCUT2D eigenvalue weighted by molar-refractivity contribution is 5.93. The number of aromatic carboxylic acids is 1. The molecule has 1 saturated carbocycles. The van der Waals surface area contributed by atoms with Crippen LogP contribution in [0.4, 0.5) is 5.69 Å². The molecule has 0 amide bonds. The van der Waals surface area contributed by atoms with Gasteiger partial charge in [-0.3, -0.25) is 9.88 Å². The summed E-state index contributed by atoms with van der Waals surface area (Å²) in [7, 11) is 2.03. The van der Waals surface area contributed by atoms with E-state index in [1.54, 1.807) is 6.20 Å². The molecular formula is C29H34N4O2. The van der Waals surface area contributed by atoms with Crippen LogP contribution < -0.4 is 11.1 Å². The lowest BCUT2D eigenvalue weighted by Gasteiger charge is -2.43. The third-order valence-electron chi connectivity index (χ3n) is 7.77. The number of rotatable bonds is 8. The highest BCUT2D eigenvalue weighted by Gasteiger charge is 2.35. The number of nitrogens with zero attached hydrogens (tertiary/aromatic N) is 2. The zero-order chi connectivity index (χ0) is 24.5. The predicted molar refractivity (Wildman–Crippen MR) is 140 cm³/mol. The molecule has 1 aliphatic heterocycles. The van der Waals surface area contributed by atoms with Crippen molar-refractivity contribution in [2.24, 2.45) is 11.7 Å². The number of pyridine rings is 1. The number of nitrogens with one attached hydrogen (secondary N) is 1. The van der Waals surface area contributed by atoms with Gasteiger partial charge in [-0.15, -0.1) is 0 Å². The zero-order valence-corrected chi connectivity index (χ0v) is 20.4. The number of aryl methyl sites for hydroxylation is 1. The van der Waals surface area contributed by atoms with Gasteiger partial charge in [0.25, 0.3) is 0 Å². The summed E-state index contributed by atoms with van der Waals surface area (Å²) >= 11 is 0. The second-order valence-electron chi connectivity index (χ2n) is 10.1. The Morgan fingerprint density at radius 3 is 2.57 bits per heavy atom. The fourth-order valence-electron chi connectivity index (χ4n) is 5.24. The summed E-state index contributed by atoms with van der Waals surface area (Å²) < 4.78 is 0. The lowest BCUT2D eigenvalue weighted by atomic mass is 9.82. The van der Waals surface area contributed by atoms with Crippen LogP contribution in [-0.4, -0.2) is 40.7 Å². The number of nitrogens with two attached hydrogens (primary N) is 1. The number of carboxylic acids is 1. The molecule has 0 bridgehead atoms. The molecule has 182 valence electrons. The van der Waals surface area contributed by atoms with Crippen LogP contribution in [0.5, 0.6) is 0 Å². The van der Waals surface area contributed by atoms with E-state index in [-0.39, 0.29) is 23.7 Å². The van der Waals surface area contributed by atoms with Crippen molar-refractivity contribution in [3.8, 4) is 11.1 Å². The molecular weight excluding hydrogens is 436 g/mol. The second kappa shape index (κ2) is 9.80. The molecule has 5 rings (SSSR count). The Morgan fingerprint density at radius 1 is 1.11 bits per heavy atom. The zero-order valence-electron chi connectivity index (χ0n) is 20.4. The molecule has 6 nitrogen and oxygen atoms in total. The highest BCUT2D eigenvalue weighted by Crippen LogP contribution is 2.40. The Hall–Kier alpha value is -3.22. The van der Waals surface area contributed by atoms with Gasteiger partial charge in [0.1, 0.15) is 0 Å². The minimum absolute atomic E-state index is 0.0110. The number of carbonyl (C=O) groups is 1. The number of hydrogen-bond donors (Lipinski definition) is 3. The number of carboxylic acid groups (broad SMARTS) is 1. The molecule has 6 heteroatoms. The highest BCUT2D eigenvalue weighted by atomic mass is 16.4. The van der Waals surface area contributed by atoms with E-state index in [2.05, 4.69) is 64.6 Å². The third kappa shape index (κ3) is 4.95. The third-order valence-corrected chi connectivity index (χ3v) is 7.77. The molecule has 0 radical (unpaired) electrons. The van der Waals surface area contributed by atoms with Gasteiger partial charge >= 0.3 is 5.97 Å². The van der Waals surface area contributed by atoms with Gasteiger partial charge in [-0.1, -0.05) is 62.2 Å². The van der Waals surface area contributed by atoms with Gasteiger partial charge in [-0.05, 0) is 59.7 Å². The minimum Gasteiger partial charge on any atom is -0.478 e. The minimum atomic E-state index is -0.971. The summed E-state index contributed by atoms with van der Waals surface area (Å²) in [5, 5.41) is 12.8. The Kier molecular flexibility index (Phi) is 6.58. The number of fused-ring (bicyclic) bond motifs is 1. The van der Waals surface area contributed by atoms with Crippen LogP contribution >= 0.6 is 0 Å². The summed E-state index contributed by atoms with van der Waals surface area (Å²) in [4.78, 5) is 17.9. The first-order chi connectivity index (χ1) is 16.9. The number of anilines is 1. The SMILES string of the molecule is CC1c2cc(-c3ccc(CCC4CC4)cc3)ccc2C(CNc2cnccc2C(=O)O)N(C)[C@@H]1N. The lowest BCUT2D eigenvalue weighted by Crippen LogP contribution is -2.50. The topological polar surface area (TPSA) is 91.5 Å². The monoisotopic (exact) mass is 470 g/mol. The van der Waals surface area contributed by atoms with Gasteiger partial charge in [-0.2, -0.15) is 0 Å². The van der Waals surface area contributed by atoms with Crippen molar-refractivity contribution in [3.05, 3.63) is 83.2 Å². The summed E-state index contributed by atoms with van der Waals surface area (Å²) in [6.45, 7) is 2.71. The van der Waals surface area contributed by atoms with Crippen LogP contribution in [-0.2, 0) is 6.42 Å². The van der Waals surface area contributed by atoms with Gasteiger partial charge in [0.2, 0.25) is 0 Å². The number of aromatic nitrogens is 1. The predicted octanol–water partition coefficient (Wildman–Crippen LogP) is 5.28. The molecule has 3 atom stereocenters. The van der Waals surface area contributed by atoms with E-state index in [0.29, 0.717) is 12.2 Å². The molecule has 0 spiro atoms. The smallest absolute Gasteiger partial charge is 0.337 e. The first-order valence-electron chi connectivity index (χ1n) is 12.5. The van der Waals surface area contributed by atoms with Gasteiger partial charge in [-0.25, -0.2) is 4.79 Å². The van der Waals surface area contributed by atoms with Crippen LogP contribution in [0.3, 0.4) is 0 Å². The summed E-state index contributed by atoms with van der Waals surface area (Å²) in [5.74, 6) is 0.160. The van der Waals surface area contributed by atoms with E-state index < -0.39 is 5.97 Å². The van der Waals surface area contributed by atoms with Crippen molar-refractivity contribution in [1.82, 2.24) is 9.88 Å². The average Bonchev–Trinajstić information content (AvgIpc) is 3.71. The Bertz CT molecular complexity index is 1210. The summed E-state index contributed by atoms with van der Waals surface area (Å²) in [6, 6.07) is 17.2. The molecule has 35 heavy (non-hydrogen) atoms. The van der Waals surface area contributed by atoms with Crippen molar-refractivity contribution in [3.63, 3.8) is 0 Å². The molecule has 2 heterocycles. The molecule has 1 aromatic heterocycles. The molecule has 1 fully saturated rings. The first kappa shape index (κ1) is 23.5. The second-order valence-corrected chi connectivity index (χ2v) is 10.1. The molecule has 2 aromatic carbocycles. The standard InChI is InChI=1S/C29H34N4O2/c1-18-25-15-22(21-9-7-20(8-10-21)6-5-19-3-4-19)11-12-23(25)27(33(2)28(18)30)17-32-26-16-31-14-13-24(26)29(34)35/h7-16,18-19,27-28,32H,3-6,17,30H2,1-2H3,(H,34,35)/t18?,27?,28-/m0/s1. The fraction of sp³-hybridized carbons (Fsp3) is 0.379.